The molecule has 4 rings (SSSR count). The minimum atomic E-state index is -1.10. The first kappa shape index (κ1) is 21.7. The molecule has 0 fully saturated rings. The predicted octanol–water partition coefficient (Wildman–Crippen LogP) is 5.03. The van der Waals surface area contributed by atoms with Crippen LogP contribution in [0.1, 0.15) is 54.6 Å². The van der Waals surface area contributed by atoms with E-state index < -0.39 is 5.97 Å². The summed E-state index contributed by atoms with van der Waals surface area (Å²) in [5, 5.41) is 24.4. The highest BCUT2D eigenvalue weighted by Crippen LogP contribution is 2.34. The lowest BCUT2D eigenvalue weighted by Gasteiger charge is -2.20. The Morgan fingerprint density at radius 3 is 2.62 bits per heavy atom. The van der Waals surface area contributed by atoms with Crippen molar-refractivity contribution < 1.29 is 9.90 Å². The van der Waals surface area contributed by atoms with Crippen LogP contribution >= 0.6 is 11.6 Å². The summed E-state index contributed by atoms with van der Waals surface area (Å²) >= 11 is 6.23. The van der Waals surface area contributed by atoms with E-state index in [1.807, 2.05) is 55.5 Å². The number of imidazole rings is 1. The lowest BCUT2D eigenvalue weighted by molar-refractivity contribution is 0.0683. The van der Waals surface area contributed by atoms with Crippen molar-refractivity contribution in [3.05, 3.63) is 70.8 Å². The maximum absolute atomic E-state index is 12.0. The van der Waals surface area contributed by atoms with Crippen LogP contribution in [-0.2, 0) is 6.42 Å². The highest BCUT2D eigenvalue weighted by molar-refractivity contribution is 6.32. The Balaban J connectivity index is 1.85. The van der Waals surface area contributed by atoms with Gasteiger partial charge in [-0.15, -0.1) is 10.2 Å². The summed E-state index contributed by atoms with van der Waals surface area (Å²) in [6, 6.07) is 15.6. The number of hydrogen-bond donors (Lipinski definition) is 2. The molecule has 1 unspecified atom stereocenters. The van der Waals surface area contributed by atoms with Gasteiger partial charge < -0.3 is 9.67 Å². The van der Waals surface area contributed by atoms with E-state index in [1.165, 1.54) is 0 Å². The Bertz CT molecular complexity index is 1220. The number of aromatic amines is 1. The smallest absolute Gasteiger partial charge is 0.355 e. The van der Waals surface area contributed by atoms with Crippen LogP contribution in [0.5, 0.6) is 0 Å². The average molecular weight is 451 g/mol. The van der Waals surface area contributed by atoms with E-state index in [0.717, 1.165) is 35.1 Å². The van der Waals surface area contributed by atoms with Crippen molar-refractivity contribution >= 4 is 17.6 Å². The molecule has 1 atom stereocenters. The van der Waals surface area contributed by atoms with Gasteiger partial charge in [-0.1, -0.05) is 67.4 Å². The third-order valence-corrected chi connectivity index (χ3v) is 5.75. The Morgan fingerprint density at radius 2 is 1.97 bits per heavy atom. The van der Waals surface area contributed by atoms with Gasteiger partial charge in [0.05, 0.1) is 6.04 Å². The van der Waals surface area contributed by atoms with Crippen molar-refractivity contribution in [2.24, 2.45) is 0 Å². The molecule has 2 aromatic heterocycles. The number of nitrogens with one attached hydrogen (secondary N) is 1. The van der Waals surface area contributed by atoms with E-state index in [2.05, 4.69) is 32.5 Å². The Hall–Kier alpha value is -3.52. The van der Waals surface area contributed by atoms with E-state index in [0.29, 0.717) is 18.1 Å². The summed E-state index contributed by atoms with van der Waals surface area (Å²) < 4.78 is 1.72. The van der Waals surface area contributed by atoms with Gasteiger partial charge in [0.15, 0.2) is 10.8 Å². The minimum absolute atomic E-state index is 0.00137. The van der Waals surface area contributed by atoms with Crippen LogP contribution in [0.3, 0.4) is 0 Å². The van der Waals surface area contributed by atoms with Gasteiger partial charge in [-0.2, -0.15) is 5.21 Å². The van der Waals surface area contributed by atoms with Crippen molar-refractivity contribution in [2.45, 2.75) is 39.2 Å². The molecular weight excluding hydrogens is 428 g/mol. The van der Waals surface area contributed by atoms with Crippen LogP contribution in [0.15, 0.2) is 48.5 Å². The number of hydrogen-bond acceptors (Lipinski definition) is 5. The Labute approximate surface area is 190 Å². The van der Waals surface area contributed by atoms with Crippen molar-refractivity contribution in [3.8, 4) is 22.5 Å². The second kappa shape index (κ2) is 9.32. The molecule has 0 saturated carbocycles. The van der Waals surface area contributed by atoms with Crippen LogP contribution in [0.4, 0.5) is 0 Å². The first-order chi connectivity index (χ1) is 15.5. The topological polar surface area (TPSA) is 110 Å². The zero-order chi connectivity index (χ0) is 22.7. The maximum atomic E-state index is 12.0. The number of H-pyrrole nitrogens is 1. The molecule has 9 heteroatoms. The second-order valence-electron chi connectivity index (χ2n) is 7.53. The van der Waals surface area contributed by atoms with Gasteiger partial charge in [-0.25, -0.2) is 9.78 Å². The normalized spacial score (nSPS) is 12.1. The third-order valence-electron chi connectivity index (χ3n) is 5.48. The number of carboxylic acids is 1. The van der Waals surface area contributed by atoms with Crippen LogP contribution in [0.25, 0.3) is 22.5 Å². The fourth-order valence-electron chi connectivity index (χ4n) is 3.87. The molecule has 32 heavy (non-hydrogen) atoms. The number of tetrazole rings is 1. The van der Waals surface area contributed by atoms with Gasteiger partial charge >= 0.3 is 5.97 Å². The van der Waals surface area contributed by atoms with Crippen molar-refractivity contribution in [1.29, 1.82) is 0 Å². The fraction of sp³-hybridized carbons (Fsp3) is 0.261. The molecule has 164 valence electrons. The summed E-state index contributed by atoms with van der Waals surface area (Å²) in [6.45, 7) is 4.02. The monoisotopic (exact) mass is 450 g/mol. The van der Waals surface area contributed by atoms with E-state index in [9.17, 15) is 9.90 Å². The number of halogens is 1. The van der Waals surface area contributed by atoms with Crippen molar-refractivity contribution in [1.82, 2.24) is 30.2 Å². The summed E-state index contributed by atoms with van der Waals surface area (Å²) in [5.74, 6) is 0.0256. The van der Waals surface area contributed by atoms with Gasteiger partial charge in [0, 0.05) is 12.0 Å². The number of carbonyl (C=O) groups is 1. The average Bonchev–Trinajstić information content (AvgIpc) is 3.45. The SMILES string of the molecule is CCCCc1nc(Cl)c(C(=O)O)n1C(C)c1ccc(-c2ccccc2)c(-c2nn[nH]n2)c1. The zero-order valence-electron chi connectivity index (χ0n) is 17.8. The number of aryl methyl sites for hydroxylation is 1. The molecule has 0 aliphatic carbocycles. The molecule has 0 bridgehead atoms. The van der Waals surface area contributed by atoms with Crippen LogP contribution in [-0.4, -0.2) is 41.3 Å². The molecule has 2 heterocycles. The minimum Gasteiger partial charge on any atom is -0.476 e. The van der Waals surface area contributed by atoms with Crippen LogP contribution in [0, 0.1) is 0 Å². The number of unbranched alkanes of at least 4 members (excludes halogenated alkanes) is 1. The fourth-order valence-corrected chi connectivity index (χ4v) is 4.14. The summed E-state index contributed by atoms with van der Waals surface area (Å²) in [4.78, 5) is 16.3. The standard InChI is InChI=1S/C23H23ClN6O2/c1-3-4-10-19-25-21(24)20(23(31)32)30(19)14(2)16-11-12-17(15-8-6-5-7-9-15)18(13-16)22-26-28-29-27-22/h5-9,11-14H,3-4,10H2,1-2H3,(H,31,32)(H,26,27,28,29). The number of nitrogens with zero attached hydrogens (tertiary/aromatic N) is 5. The van der Waals surface area contributed by atoms with E-state index in [-0.39, 0.29) is 16.9 Å². The molecule has 0 spiro atoms. The highest BCUT2D eigenvalue weighted by Gasteiger charge is 2.26. The van der Waals surface area contributed by atoms with Crippen molar-refractivity contribution in [2.75, 3.05) is 0 Å². The van der Waals surface area contributed by atoms with E-state index in [4.69, 9.17) is 11.6 Å². The molecule has 0 amide bonds. The number of benzene rings is 2. The quantitative estimate of drug-likeness (QED) is 0.389. The number of aromatic carboxylic acids is 1. The van der Waals surface area contributed by atoms with E-state index >= 15 is 0 Å². The van der Waals surface area contributed by atoms with Gasteiger partial charge in [0.2, 0.25) is 5.82 Å². The number of aromatic nitrogens is 6. The molecule has 2 N–H and O–H groups in total. The van der Waals surface area contributed by atoms with Gasteiger partial charge in [-0.05, 0) is 41.3 Å². The third kappa shape index (κ3) is 4.13. The molecule has 0 radical (unpaired) electrons. The largest absolute Gasteiger partial charge is 0.476 e. The van der Waals surface area contributed by atoms with Crippen LogP contribution < -0.4 is 0 Å². The lowest BCUT2D eigenvalue weighted by atomic mass is 9.95. The summed E-state index contributed by atoms with van der Waals surface area (Å²) in [5.41, 5.74) is 3.66. The molecule has 0 aliphatic heterocycles. The van der Waals surface area contributed by atoms with E-state index in [1.54, 1.807) is 4.57 Å². The second-order valence-corrected chi connectivity index (χ2v) is 7.89. The Kier molecular flexibility index (Phi) is 6.32. The Morgan fingerprint density at radius 1 is 1.19 bits per heavy atom. The molecule has 4 aromatic rings. The predicted molar refractivity (Wildman–Crippen MR) is 122 cm³/mol. The molecule has 2 aromatic carbocycles. The summed E-state index contributed by atoms with van der Waals surface area (Å²) in [6.07, 6.45) is 2.50. The molecular formula is C23H23ClN6O2. The number of rotatable bonds is 8. The molecule has 0 aliphatic rings. The highest BCUT2D eigenvalue weighted by atomic mass is 35.5. The maximum Gasteiger partial charge on any atom is 0.355 e. The van der Waals surface area contributed by atoms with Crippen LogP contribution in [0.2, 0.25) is 5.15 Å². The van der Waals surface area contributed by atoms with Gasteiger partial charge in [0.1, 0.15) is 5.82 Å². The first-order valence-electron chi connectivity index (χ1n) is 10.4. The molecule has 0 saturated heterocycles. The van der Waals surface area contributed by atoms with Crippen molar-refractivity contribution in [3.63, 3.8) is 0 Å². The van der Waals surface area contributed by atoms with Gasteiger partial charge in [-0.3, -0.25) is 0 Å². The lowest BCUT2D eigenvalue weighted by Crippen LogP contribution is -2.17. The first-order valence-corrected chi connectivity index (χ1v) is 10.8. The molecule has 8 nitrogen and oxygen atoms in total. The number of carboxylic acid groups (broad SMARTS) is 1. The van der Waals surface area contributed by atoms with Gasteiger partial charge in [0.25, 0.3) is 0 Å². The zero-order valence-corrected chi connectivity index (χ0v) is 18.5. The summed E-state index contributed by atoms with van der Waals surface area (Å²) in [7, 11) is 0.